The quantitative estimate of drug-likeness (QED) is 0.485. The predicted molar refractivity (Wildman–Crippen MR) is 119 cm³/mol. The average Bonchev–Trinajstić information content (AvgIpc) is 3.25. The van der Waals surface area contributed by atoms with E-state index in [2.05, 4.69) is 0 Å². The molecule has 0 unspecified atom stereocenters. The molecular weight excluding hydrogens is 377 g/mol. The van der Waals surface area contributed by atoms with Crippen molar-refractivity contribution >= 4 is 29.1 Å². The van der Waals surface area contributed by atoms with E-state index >= 15 is 0 Å². The molecule has 3 heterocycles. The van der Waals surface area contributed by atoms with Crippen LogP contribution in [0.25, 0.3) is 27.8 Å². The monoisotopic (exact) mass is 401 g/mol. The Labute approximate surface area is 175 Å². The maximum Gasteiger partial charge on any atom is 0.494 e. The summed E-state index contributed by atoms with van der Waals surface area (Å²) in [5, 5.41) is 5.42. The molecule has 7 heteroatoms. The largest absolute Gasteiger partial charge is 0.494 e. The Hall–Kier alpha value is -2.90. The Morgan fingerprint density at radius 3 is 2.27 bits per heavy atom. The second-order valence-electron chi connectivity index (χ2n) is 8.89. The van der Waals surface area contributed by atoms with E-state index in [0.717, 1.165) is 27.9 Å². The number of hydrogen-bond acceptors (Lipinski definition) is 4. The molecule has 1 aliphatic rings. The number of benzene rings is 2. The fourth-order valence-corrected chi connectivity index (χ4v) is 3.85. The molecule has 0 aliphatic carbocycles. The van der Waals surface area contributed by atoms with Gasteiger partial charge in [0.15, 0.2) is 0 Å². The fourth-order valence-electron chi connectivity index (χ4n) is 3.85. The molecule has 5 rings (SSSR count). The number of nitrogens with zero attached hydrogens (tertiary/aromatic N) is 3. The molecule has 0 N–H and O–H groups in total. The number of hydrogen-bond donors (Lipinski definition) is 0. The zero-order valence-electron chi connectivity index (χ0n) is 17.8. The smallest absolute Gasteiger partial charge is 0.399 e. The van der Waals surface area contributed by atoms with Crippen molar-refractivity contribution in [3.63, 3.8) is 0 Å². The average molecular weight is 401 g/mol. The SMILES string of the molecule is Cn1c(=O)c2ccc(B3OC(C)(C)C(C)(C)O3)cc2n2nc(-c3ccccc3)cc12. The van der Waals surface area contributed by atoms with Crippen molar-refractivity contribution in [2.45, 2.75) is 38.9 Å². The number of aromatic nitrogens is 3. The van der Waals surface area contributed by atoms with Crippen LogP contribution < -0.4 is 11.0 Å². The molecule has 0 saturated carbocycles. The zero-order valence-corrected chi connectivity index (χ0v) is 17.8. The minimum Gasteiger partial charge on any atom is -0.399 e. The Bertz CT molecular complexity index is 1320. The summed E-state index contributed by atoms with van der Waals surface area (Å²) >= 11 is 0. The Morgan fingerprint density at radius 1 is 0.933 bits per heavy atom. The van der Waals surface area contributed by atoms with Crippen molar-refractivity contribution in [3.05, 3.63) is 65.0 Å². The lowest BCUT2D eigenvalue weighted by atomic mass is 9.79. The summed E-state index contributed by atoms with van der Waals surface area (Å²) in [6.45, 7) is 8.12. The molecule has 0 radical (unpaired) electrons. The summed E-state index contributed by atoms with van der Waals surface area (Å²) in [6.07, 6.45) is 0. The van der Waals surface area contributed by atoms with Crippen molar-refractivity contribution in [3.8, 4) is 11.3 Å². The van der Waals surface area contributed by atoms with Crippen molar-refractivity contribution < 1.29 is 9.31 Å². The number of aryl methyl sites for hydroxylation is 1. The van der Waals surface area contributed by atoms with E-state index in [-0.39, 0.29) is 5.56 Å². The molecule has 2 aromatic heterocycles. The lowest BCUT2D eigenvalue weighted by Gasteiger charge is -2.32. The molecule has 6 nitrogen and oxygen atoms in total. The van der Waals surface area contributed by atoms with Crippen molar-refractivity contribution in [1.82, 2.24) is 14.2 Å². The van der Waals surface area contributed by atoms with Gasteiger partial charge in [0.1, 0.15) is 5.65 Å². The normalized spacial score (nSPS) is 17.8. The molecule has 4 aromatic rings. The van der Waals surface area contributed by atoms with E-state index in [4.69, 9.17) is 14.4 Å². The van der Waals surface area contributed by atoms with Crippen molar-refractivity contribution in [1.29, 1.82) is 0 Å². The van der Waals surface area contributed by atoms with Gasteiger partial charge in [0.2, 0.25) is 0 Å². The van der Waals surface area contributed by atoms with Gasteiger partial charge in [-0.05, 0) is 45.3 Å². The van der Waals surface area contributed by atoms with Crippen LogP contribution in [0.4, 0.5) is 0 Å². The third kappa shape index (κ3) is 2.73. The Kier molecular flexibility index (Phi) is 4.01. The summed E-state index contributed by atoms with van der Waals surface area (Å²) in [6, 6.07) is 17.6. The van der Waals surface area contributed by atoms with Gasteiger partial charge in [0, 0.05) is 18.7 Å². The second-order valence-corrected chi connectivity index (χ2v) is 8.89. The summed E-state index contributed by atoms with van der Waals surface area (Å²) in [7, 11) is 1.28. The van der Waals surface area contributed by atoms with Gasteiger partial charge < -0.3 is 9.31 Å². The molecule has 0 atom stereocenters. The fraction of sp³-hybridized carbons (Fsp3) is 0.304. The van der Waals surface area contributed by atoms with Gasteiger partial charge in [-0.25, -0.2) is 4.52 Å². The first-order valence-corrected chi connectivity index (χ1v) is 10.1. The molecular formula is C23H24BN3O3. The van der Waals surface area contributed by atoms with Gasteiger partial charge in [-0.15, -0.1) is 0 Å². The molecule has 0 spiro atoms. The van der Waals surface area contributed by atoms with Gasteiger partial charge >= 0.3 is 7.12 Å². The van der Waals surface area contributed by atoms with Crippen LogP contribution in [0, 0.1) is 0 Å². The first-order valence-electron chi connectivity index (χ1n) is 10.1. The van der Waals surface area contributed by atoms with Gasteiger partial charge in [0.05, 0.1) is 27.8 Å². The van der Waals surface area contributed by atoms with Crippen LogP contribution in [-0.2, 0) is 16.4 Å². The molecule has 30 heavy (non-hydrogen) atoms. The molecule has 1 fully saturated rings. The highest BCUT2D eigenvalue weighted by molar-refractivity contribution is 6.62. The highest BCUT2D eigenvalue weighted by atomic mass is 16.7. The van der Waals surface area contributed by atoms with E-state index in [9.17, 15) is 4.79 Å². The van der Waals surface area contributed by atoms with E-state index < -0.39 is 18.3 Å². The van der Waals surface area contributed by atoms with Gasteiger partial charge in [0.25, 0.3) is 5.56 Å². The maximum absolute atomic E-state index is 13.0. The number of rotatable bonds is 2. The molecule has 1 aliphatic heterocycles. The van der Waals surface area contributed by atoms with Crippen LogP contribution in [-0.4, -0.2) is 32.5 Å². The predicted octanol–water partition coefficient (Wildman–Crippen LogP) is 3.15. The van der Waals surface area contributed by atoms with Crippen molar-refractivity contribution in [2.75, 3.05) is 0 Å². The summed E-state index contributed by atoms with van der Waals surface area (Å²) in [5.41, 5.74) is 3.25. The van der Waals surface area contributed by atoms with Crippen LogP contribution in [0.5, 0.6) is 0 Å². The highest BCUT2D eigenvalue weighted by Gasteiger charge is 2.51. The third-order valence-corrected chi connectivity index (χ3v) is 6.41. The molecule has 0 amide bonds. The summed E-state index contributed by atoms with van der Waals surface area (Å²) in [4.78, 5) is 13.0. The van der Waals surface area contributed by atoms with Crippen LogP contribution in [0.3, 0.4) is 0 Å². The molecule has 0 bridgehead atoms. The third-order valence-electron chi connectivity index (χ3n) is 6.41. The van der Waals surface area contributed by atoms with Crippen LogP contribution in [0.2, 0.25) is 0 Å². The molecule has 2 aromatic carbocycles. The Balaban J connectivity index is 1.71. The van der Waals surface area contributed by atoms with Crippen molar-refractivity contribution in [2.24, 2.45) is 7.05 Å². The van der Waals surface area contributed by atoms with Crippen LogP contribution in [0.1, 0.15) is 27.7 Å². The topological polar surface area (TPSA) is 57.8 Å². The van der Waals surface area contributed by atoms with E-state index in [1.54, 1.807) is 11.6 Å². The van der Waals surface area contributed by atoms with E-state index in [1.165, 1.54) is 0 Å². The number of fused-ring (bicyclic) bond motifs is 3. The molecule has 1 saturated heterocycles. The van der Waals surface area contributed by atoms with E-state index in [0.29, 0.717) is 5.39 Å². The van der Waals surface area contributed by atoms with Gasteiger partial charge in [-0.1, -0.05) is 36.4 Å². The first-order chi connectivity index (χ1) is 14.2. The van der Waals surface area contributed by atoms with Crippen LogP contribution >= 0.6 is 0 Å². The standard InChI is InChI=1S/C23H24BN3O3/c1-22(2)23(3,4)30-24(29-22)16-11-12-17-19(13-16)27-20(26(5)21(17)28)14-18(25-27)15-9-7-6-8-10-15/h6-14H,1-5H3. The second kappa shape index (κ2) is 6.30. The maximum atomic E-state index is 13.0. The summed E-state index contributed by atoms with van der Waals surface area (Å²) < 4.78 is 15.9. The van der Waals surface area contributed by atoms with Gasteiger partial charge in [-0.2, -0.15) is 5.10 Å². The zero-order chi connectivity index (χ0) is 21.3. The minimum atomic E-state index is -0.498. The van der Waals surface area contributed by atoms with E-state index in [1.807, 2.05) is 86.8 Å². The minimum absolute atomic E-state index is 0.0579. The highest BCUT2D eigenvalue weighted by Crippen LogP contribution is 2.36. The summed E-state index contributed by atoms with van der Waals surface area (Å²) in [5.74, 6) is 0. The lowest BCUT2D eigenvalue weighted by molar-refractivity contribution is 0.00578. The lowest BCUT2D eigenvalue weighted by Crippen LogP contribution is -2.41. The first kappa shape index (κ1) is 19.1. The van der Waals surface area contributed by atoms with Crippen LogP contribution in [0.15, 0.2) is 59.4 Å². The molecule has 152 valence electrons. The Morgan fingerprint density at radius 2 is 1.60 bits per heavy atom. The van der Waals surface area contributed by atoms with Gasteiger partial charge in [-0.3, -0.25) is 9.36 Å².